The van der Waals surface area contributed by atoms with Crippen molar-refractivity contribution < 1.29 is 17.9 Å². The Bertz CT molecular complexity index is 1150. The highest BCUT2D eigenvalue weighted by molar-refractivity contribution is 7.89. The first-order valence-electron chi connectivity index (χ1n) is 9.26. The quantitative estimate of drug-likeness (QED) is 0.380. The van der Waals surface area contributed by atoms with Gasteiger partial charge in [-0.3, -0.25) is 4.79 Å². The van der Waals surface area contributed by atoms with E-state index in [1.807, 2.05) is 18.2 Å². The summed E-state index contributed by atoms with van der Waals surface area (Å²) in [5.74, 6) is 0.0479. The largest absolute Gasteiger partial charge is 0.489 e. The van der Waals surface area contributed by atoms with Crippen molar-refractivity contribution >= 4 is 33.7 Å². The van der Waals surface area contributed by atoms with E-state index in [4.69, 9.17) is 16.3 Å². The van der Waals surface area contributed by atoms with Gasteiger partial charge in [-0.2, -0.15) is 5.10 Å². The van der Waals surface area contributed by atoms with Crippen LogP contribution in [0.15, 0.2) is 88.9 Å². The molecule has 0 aliphatic rings. The van der Waals surface area contributed by atoms with Crippen LogP contribution in [0.3, 0.4) is 0 Å². The van der Waals surface area contributed by atoms with Crippen LogP contribution < -0.4 is 14.9 Å². The number of nitrogens with one attached hydrogen (secondary N) is 2. The van der Waals surface area contributed by atoms with Crippen LogP contribution in [0.1, 0.15) is 11.1 Å². The molecule has 0 spiro atoms. The van der Waals surface area contributed by atoms with Crippen molar-refractivity contribution in [3.8, 4) is 5.75 Å². The minimum absolute atomic E-state index is 0.0849. The van der Waals surface area contributed by atoms with Crippen molar-refractivity contribution in [3.05, 3.63) is 95.0 Å². The standard InChI is InChI=1S/C22H20ClN3O4S/c23-19-11-9-17(10-12-19)16-30-20-6-4-5-18(13-20)14-24-26-22(27)15-25-31(28,29)21-7-2-1-3-8-21/h1-14,25H,15-16H2,(H,26,27). The third-order valence-corrected chi connectivity index (χ3v) is 5.73. The van der Waals surface area contributed by atoms with E-state index in [0.29, 0.717) is 22.9 Å². The highest BCUT2D eigenvalue weighted by Crippen LogP contribution is 2.15. The number of hydrogen-bond donors (Lipinski definition) is 2. The van der Waals surface area contributed by atoms with Crippen LogP contribution in [0, 0.1) is 0 Å². The molecule has 3 aromatic rings. The molecule has 0 heterocycles. The van der Waals surface area contributed by atoms with E-state index in [2.05, 4.69) is 15.2 Å². The molecule has 1 amide bonds. The third kappa shape index (κ3) is 7.21. The number of hydrogen-bond acceptors (Lipinski definition) is 5. The highest BCUT2D eigenvalue weighted by atomic mass is 35.5. The van der Waals surface area contributed by atoms with Crippen LogP contribution in [0.2, 0.25) is 5.02 Å². The van der Waals surface area contributed by atoms with Gasteiger partial charge in [0.05, 0.1) is 17.7 Å². The lowest BCUT2D eigenvalue weighted by Crippen LogP contribution is -2.34. The Morgan fingerprint density at radius 2 is 1.74 bits per heavy atom. The second-order valence-corrected chi connectivity index (χ2v) is 8.62. The molecule has 0 atom stereocenters. The molecular weight excluding hydrogens is 438 g/mol. The maximum absolute atomic E-state index is 12.1. The van der Waals surface area contributed by atoms with Gasteiger partial charge in [0.2, 0.25) is 10.0 Å². The Kier molecular flexibility index (Phi) is 7.77. The molecule has 31 heavy (non-hydrogen) atoms. The maximum Gasteiger partial charge on any atom is 0.255 e. The van der Waals surface area contributed by atoms with Crippen molar-refractivity contribution in [1.82, 2.24) is 10.1 Å². The van der Waals surface area contributed by atoms with Gasteiger partial charge in [0.15, 0.2) is 0 Å². The van der Waals surface area contributed by atoms with E-state index in [1.54, 1.807) is 48.5 Å². The summed E-state index contributed by atoms with van der Waals surface area (Å²) in [4.78, 5) is 12.0. The number of amides is 1. The maximum atomic E-state index is 12.1. The topological polar surface area (TPSA) is 96.9 Å². The lowest BCUT2D eigenvalue weighted by Gasteiger charge is -2.07. The number of ether oxygens (including phenoxy) is 1. The highest BCUT2D eigenvalue weighted by Gasteiger charge is 2.14. The molecule has 9 heteroatoms. The van der Waals surface area contributed by atoms with Gasteiger partial charge in [-0.05, 0) is 47.5 Å². The summed E-state index contributed by atoms with van der Waals surface area (Å²) in [5.41, 5.74) is 3.98. The summed E-state index contributed by atoms with van der Waals surface area (Å²) in [6.45, 7) is -0.0468. The second-order valence-electron chi connectivity index (χ2n) is 6.42. The normalized spacial score (nSPS) is 11.4. The Labute approximate surface area is 185 Å². The van der Waals surface area contributed by atoms with Gasteiger partial charge in [0.25, 0.3) is 5.91 Å². The van der Waals surface area contributed by atoms with Crippen LogP contribution in [0.25, 0.3) is 0 Å². The number of sulfonamides is 1. The first-order valence-corrected chi connectivity index (χ1v) is 11.1. The Morgan fingerprint density at radius 1 is 1.00 bits per heavy atom. The van der Waals surface area contributed by atoms with Gasteiger partial charge < -0.3 is 4.74 Å². The van der Waals surface area contributed by atoms with Crippen LogP contribution in [-0.2, 0) is 21.4 Å². The molecule has 0 saturated carbocycles. The van der Waals surface area contributed by atoms with E-state index in [1.165, 1.54) is 18.3 Å². The molecule has 0 saturated heterocycles. The number of hydrazone groups is 1. The first kappa shape index (κ1) is 22.5. The van der Waals surface area contributed by atoms with Gasteiger partial charge in [0.1, 0.15) is 12.4 Å². The molecule has 3 rings (SSSR count). The monoisotopic (exact) mass is 457 g/mol. The van der Waals surface area contributed by atoms with Crippen molar-refractivity contribution in [2.75, 3.05) is 6.54 Å². The summed E-state index contributed by atoms with van der Waals surface area (Å²) in [7, 11) is -3.76. The lowest BCUT2D eigenvalue weighted by molar-refractivity contribution is -0.119. The molecular formula is C22H20ClN3O4S. The lowest BCUT2D eigenvalue weighted by atomic mass is 10.2. The number of nitrogens with zero attached hydrogens (tertiary/aromatic N) is 1. The average molecular weight is 458 g/mol. The average Bonchev–Trinajstić information content (AvgIpc) is 2.78. The summed E-state index contributed by atoms with van der Waals surface area (Å²) in [5, 5.41) is 4.52. The van der Waals surface area contributed by atoms with Crippen LogP contribution in [0.5, 0.6) is 5.75 Å². The molecule has 0 fully saturated rings. The fourth-order valence-corrected chi connectivity index (χ4v) is 3.62. The molecule has 2 N–H and O–H groups in total. The van der Waals surface area contributed by atoms with Crippen molar-refractivity contribution in [2.45, 2.75) is 11.5 Å². The van der Waals surface area contributed by atoms with E-state index < -0.39 is 22.5 Å². The second kappa shape index (κ2) is 10.7. The van der Waals surface area contributed by atoms with Crippen molar-refractivity contribution in [1.29, 1.82) is 0 Å². The molecule has 160 valence electrons. The van der Waals surface area contributed by atoms with E-state index in [-0.39, 0.29) is 4.90 Å². The fraction of sp³-hybridized carbons (Fsp3) is 0.0909. The smallest absolute Gasteiger partial charge is 0.255 e. The molecule has 0 bridgehead atoms. The van der Waals surface area contributed by atoms with Gasteiger partial charge >= 0.3 is 0 Å². The van der Waals surface area contributed by atoms with E-state index in [0.717, 1.165) is 5.56 Å². The predicted octanol–water partition coefficient (Wildman–Crippen LogP) is 3.35. The van der Waals surface area contributed by atoms with Gasteiger partial charge in [0, 0.05) is 5.02 Å². The number of carbonyl (C=O) groups excluding carboxylic acids is 1. The number of halogens is 1. The van der Waals surface area contributed by atoms with Gasteiger partial charge in [-0.1, -0.05) is 54.1 Å². The zero-order chi connectivity index (χ0) is 22.1. The minimum atomic E-state index is -3.76. The van der Waals surface area contributed by atoms with Gasteiger partial charge in [-0.25, -0.2) is 18.6 Å². The zero-order valence-corrected chi connectivity index (χ0v) is 17.9. The molecule has 0 aliphatic carbocycles. The number of rotatable bonds is 9. The Balaban J connectivity index is 1.48. The molecule has 0 radical (unpaired) electrons. The molecule has 0 unspecified atom stereocenters. The zero-order valence-electron chi connectivity index (χ0n) is 16.4. The first-order chi connectivity index (χ1) is 14.9. The molecule has 7 nitrogen and oxygen atoms in total. The van der Waals surface area contributed by atoms with Crippen LogP contribution in [-0.4, -0.2) is 27.1 Å². The van der Waals surface area contributed by atoms with Crippen LogP contribution in [0.4, 0.5) is 0 Å². The number of carbonyl (C=O) groups is 1. The molecule has 0 aliphatic heterocycles. The number of benzene rings is 3. The summed E-state index contributed by atoms with van der Waals surface area (Å²) >= 11 is 5.87. The van der Waals surface area contributed by atoms with Crippen molar-refractivity contribution in [2.24, 2.45) is 5.10 Å². The SMILES string of the molecule is O=C(CNS(=O)(=O)c1ccccc1)NN=Cc1cccc(OCc2ccc(Cl)cc2)c1. The summed E-state index contributed by atoms with van der Waals surface area (Å²) in [6.07, 6.45) is 1.44. The minimum Gasteiger partial charge on any atom is -0.489 e. The third-order valence-electron chi connectivity index (χ3n) is 4.06. The Morgan fingerprint density at radius 3 is 2.48 bits per heavy atom. The molecule has 0 aromatic heterocycles. The summed E-state index contributed by atoms with van der Waals surface area (Å²) in [6, 6.07) is 22.3. The molecule has 3 aromatic carbocycles. The van der Waals surface area contributed by atoms with E-state index in [9.17, 15) is 13.2 Å². The van der Waals surface area contributed by atoms with Crippen LogP contribution >= 0.6 is 11.6 Å². The summed E-state index contributed by atoms with van der Waals surface area (Å²) < 4.78 is 32.2. The van der Waals surface area contributed by atoms with E-state index >= 15 is 0 Å². The fourth-order valence-electron chi connectivity index (χ4n) is 2.49. The Hall–Kier alpha value is -3.20. The van der Waals surface area contributed by atoms with Gasteiger partial charge in [-0.15, -0.1) is 0 Å². The predicted molar refractivity (Wildman–Crippen MR) is 120 cm³/mol. The van der Waals surface area contributed by atoms with Crippen molar-refractivity contribution in [3.63, 3.8) is 0 Å².